The van der Waals surface area contributed by atoms with Crippen LogP contribution in [0, 0.1) is 0 Å². The van der Waals surface area contributed by atoms with E-state index in [0.717, 1.165) is 0 Å². The quantitative estimate of drug-likeness (QED) is 0.668. The predicted octanol–water partition coefficient (Wildman–Crippen LogP) is 2.92. The standard InChI is InChI=1S/C6H6O.C6H6.Ca.2H/c7-6-4-2-1-3-5-6;1-2-4-6-5-3-1;;;/h1-5,7H;1-6H;;;/q;;+2;2*-1. The SMILES string of the molecule is Oc1ccccc1.[Ca+2].[H-].[H-].c1ccccc1. The van der Waals surface area contributed by atoms with E-state index < -0.39 is 0 Å². The topological polar surface area (TPSA) is 20.2 Å². The van der Waals surface area contributed by atoms with Crippen LogP contribution in [0.1, 0.15) is 2.85 Å². The molecule has 0 aromatic heterocycles. The average molecular weight is 214 g/mol. The molecule has 0 atom stereocenters. The fourth-order valence-electron chi connectivity index (χ4n) is 0.813. The predicted molar refractivity (Wildman–Crippen MR) is 62.5 cm³/mol. The van der Waals surface area contributed by atoms with Gasteiger partial charge in [0.25, 0.3) is 0 Å². The van der Waals surface area contributed by atoms with Gasteiger partial charge in [-0.2, -0.15) is 0 Å². The van der Waals surface area contributed by atoms with Crippen LogP contribution in [0.5, 0.6) is 5.75 Å². The summed E-state index contributed by atoms with van der Waals surface area (Å²) < 4.78 is 0. The van der Waals surface area contributed by atoms with E-state index in [-0.39, 0.29) is 40.6 Å². The van der Waals surface area contributed by atoms with Crippen molar-refractivity contribution in [2.45, 2.75) is 0 Å². The fourth-order valence-corrected chi connectivity index (χ4v) is 0.813. The molecule has 0 aliphatic rings. The summed E-state index contributed by atoms with van der Waals surface area (Å²) in [5.74, 6) is 0.322. The van der Waals surface area contributed by atoms with Gasteiger partial charge in [-0.1, -0.05) is 54.6 Å². The van der Waals surface area contributed by atoms with Crippen molar-refractivity contribution in [2.75, 3.05) is 0 Å². The van der Waals surface area contributed by atoms with E-state index in [2.05, 4.69) is 0 Å². The first-order valence-electron chi connectivity index (χ1n) is 4.13. The van der Waals surface area contributed by atoms with Crippen molar-refractivity contribution < 1.29 is 7.96 Å². The number of rotatable bonds is 0. The van der Waals surface area contributed by atoms with Gasteiger partial charge in [-0.25, -0.2) is 0 Å². The third-order valence-electron chi connectivity index (χ3n) is 1.42. The number of phenols is 1. The Kier molecular flexibility index (Phi) is 8.75. The summed E-state index contributed by atoms with van der Waals surface area (Å²) in [4.78, 5) is 0. The van der Waals surface area contributed by atoms with Crippen molar-refractivity contribution in [3.8, 4) is 5.75 Å². The third kappa shape index (κ3) is 6.96. The van der Waals surface area contributed by atoms with Crippen LogP contribution in [0.25, 0.3) is 0 Å². The molecule has 2 aromatic carbocycles. The van der Waals surface area contributed by atoms with Gasteiger partial charge in [-0.05, 0) is 12.1 Å². The van der Waals surface area contributed by atoms with E-state index in [1.807, 2.05) is 42.5 Å². The van der Waals surface area contributed by atoms with Crippen LogP contribution in [0.3, 0.4) is 0 Å². The Morgan fingerprint density at radius 3 is 1.14 bits per heavy atom. The Morgan fingerprint density at radius 2 is 0.929 bits per heavy atom. The van der Waals surface area contributed by atoms with Crippen LogP contribution in [-0.2, 0) is 0 Å². The molecule has 0 heterocycles. The third-order valence-corrected chi connectivity index (χ3v) is 1.42. The molecular formula is C12H14CaO. The van der Waals surface area contributed by atoms with E-state index in [4.69, 9.17) is 5.11 Å². The smallest absolute Gasteiger partial charge is 1.00 e. The number of para-hydroxylation sites is 1. The van der Waals surface area contributed by atoms with Crippen LogP contribution in [0.15, 0.2) is 66.7 Å². The average Bonchev–Trinajstić information content (AvgIpc) is 2.22. The first kappa shape index (κ1) is 13.5. The molecule has 0 amide bonds. The van der Waals surface area contributed by atoms with E-state index in [1.54, 1.807) is 24.3 Å². The van der Waals surface area contributed by atoms with Gasteiger partial charge in [0, 0.05) is 0 Å². The zero-order valence-corrected chi connectivity index (χ0v) is 10.2. The van der Waals surface area contributed by atoms with Crippen molar-refractivity contribution >= 4 is 37.7 Å². The van der Waals surface area contributed by atoms with Gasteiger partial charge < -0.3 is 7.96 Å². The molecule has 0 saturated carbocycles. The molecule has 0 saturated heterocycles. The Balaban J connectivity index is -0.000000179. The van der Waals surface area contributed by atoms with E-state index in [1.165, 1.54) is 0 Å². The van der Waals surface area contributed by atoms with Gasteiger partial charge in [0.2, 0.25) is 0 Å². The van der Waals surface area contributed by atoms with E-state index in [9.17, 15) is 0 Å². The summed E-state index contributed by atoms with van der Waals surface area (Å²) >= 11 is 0. The van der Waals surface area contributed by atoms with Crippen LogP contribution < -0.4 is 0 Å². The van der Waals surface area contributed by atoms with Crippen molar-refractivity contribution in [1.82, 2.24) is 0 Å². The second kappa shape index (κ2) is 9.07. The Hall–Kier alpha value is -0.500. The summed E-state index contributed by atoms with van der Waals surface area (Å²) in [6.07, 6.45) is 0. The monoisotopic (exact) mass is 214 g/mol. The number of phenolic OH excluding ortho intramolecular Hbond substituents is 1. The minimum atomic E-state index is 0. The van der Waals surface area contributed by atoms with Crippen LogP contribution in [0.2, 0.25) is 0 Å². The van der Waals surface area contributed by atoms with Crippen molar-refractivity contribution in [2.24, 2.45) is 0 Å². The maximum Gasteiger partial charge on any atom is 2.00 e. The molecular weight excluding hydrogens is 200 g/mol. The number of benzene rings is 2. The largest absolute Gasteiger partial charge is 2.00 e. The summed E-state index contributed by atoms with van der Waals surface area (Å²) in [5.41, 5.74) is 0. The van der Waals surface area contributed by atoms with Crippen molar-refractivity contribution in [1.29, 1.82) is 0 Å². The summed E-state index contributed by atoms with van der Waals surface area (Å²) in [6.45, 7) is 0. The molecule has 0 spiro atoms. The molecule has 0 fully saturated rings. The van der Waals surface area contributed by atoms with Crippen molar-refractivity contribution in [3.05, 3.63) is 66.7 Å². The van der Waals surface area contributed by atoms with Gasteiger partial charge in [-0.3, -0.25) is 0 Å². The molecule has 0 aliphatic heterocycles. The Bertz CT molecular complexity index is 290. The zero-order valence-electron chi connectivity index (χ0n) is 10.0. The zero-order chi connectivity index (χ0) is 9.36. The van der Waals surface area contributed by atoms with Crippen LogP contribution in [0.4, 0.5) is 0 Å². The molecule has 0 unspecified atom stereocenters. The number of hydrogen-bond acceptors (Lipinski definition) is 1. The summed E-state index contributed by atoms with van der Waals surface area (Å²) in [5, 5.41) is 8.63. The normalized spacial score (nSPS) is 7.71. The first-order chi connectivity index (χ1) is 6.39. The van der Waals surface area contributed by atoms with Gasteiger partial charge in [0.05, 0.1) is 0 Å². The molecule has 70 valence electrons. The van der Waals surface area contributed by atoms with Gasteiger partial charge in [-0.15, -0.1) is 0 Å². The van der Waals surface area contributed by atoms with E-state index in [0.29, 0.717) is 5.75 Å². The first-order valence-corrected chi connectivity index (χ1v) is 4.13. The second-order valence-corrected chi connectivity index (χ2v) is 2.49. The second-order valence-electron chi connectivity index (χ2n) is 2.49. The molecule has 1 N–H and O–H groups in total. The number of aromatic hydroxyl groups is 1. The molecule has 2 heteroatoms. The minimum absolute atomic E-state index is 0. The molecule has 14 heavy (non-hydrogen) atoms. The summed E-state index contributed by atoms with van der Waals surface area (Å²) in [6, 6.07) is 20.7. The molecule has 0 aliphatic carbocycles. The minimum Gasteiger partial charge on any atom is -1.00 e. The van der Waals surface area contributed by atoms with E-state index >= 15 is 0 Å². The van der Waals surface area contributed by atoms with Crippen LogP contribution >= 0.6 is 0 Å². The molecule has 1 nitrogen and oxygen atoms in total. The number of hydrogen-bond donors (Lipinski definition) is 1. The van der Waals surface area contributed by atoms with Crippen molar-refractivity contribution in [3.63, 3.8) is 0 Å². The molecule has 2 aromatic rings. The Labute approximate surface area is 117 Å². The van der Waals surface area contributed by atoms with Gasteiger partial charge in [0.15, 0.2) is 0 Å². The maximum atomic E-state index is 8.63. The summed E-state index contributed by atoms with van der Waals surface area (Å²) in [7, 11) is 0. The fraction of sp³-hybridized carbons (Fsp3) is 0. The molecule has 0 radical (unpaired) electrons. The molecule has 2 rings (SSSR count). The Morgan fingerprint density at radius 1 is 0.643 bits per heavy atom. The maximum absolute atomic E-state index is 8.63. The van der Waals surface area contributed by atoms with Crippen LogP contribution in [-0.4, -0.2) is 42.8 Å². The molecule has 0 bridgehead atoms. The van der Waals surface area contributed by atoms with Gasteiger partial charge in [0.1, 0.15) is 5.75 Å². The van der Waals surface area contributed by atoms with Gasteiger partial charge >= 0.3 is 37.7 Å².